The maximum absolute atomic E-state index is 12.3. The molecule has 2 heterocycles. The van der Waals surface area contributed by atoms with Gasteiger partial charge >= 0.3 is 0 Å². The molecule has 1 aliphatic heterocycles. The molecule has 0 bridgehead atoms. The van der Waals surface area contributed by atoms with E-state index >= 15 is 0 Å². The monoisotopic (exact) mass is 307 g/mol. The largest absolute Gasteiger partial charge is 0.389 e. The lowest BCUT2D eigenvalue weighted by atomic mass is 9.82. The van der Waals surface area contributed by atoms with Crippen molar-refractivity contribution in [3.05, 3.63) is 18.0 Å². The maximum atomic E-state index is 12.3. The van der Waals surface area contributed by atoms with Crippen LogP contribution in [0.2, 0.25) is 0 Å². The molecule has 1 aromatic rings. The summed E-state index contributed by atoms with van der Waals surface area (Å²) >= 11 is 0. The van der Waals surface area contributed by atoms with Gasteiger partial charge in [-0.1, -0.05) is 19.3 Å². The van der Waals surface area contributed by atoms with Crippen molar-refractivity contribution in [2.75, 3.05) is 6.61 Å². The lowest BCUT2D eigenvalue weighted by Crippen LogP contribution is -2.42. The summed E-state index contributed by atoms with van der Waals surface area (Å²) < 4.78 is 7.49. The number of nitrogens with zero attached hydrogens (tertiary/aromatic N) is 2. The van der Waals surface area contributed by atoms with Crippen molar-refractivity contribution in [2.24, 2.45) is 7.05 Å². The molecule has 1 amide bonds. The highest BCUT2D eigenvalue weighted by atomic mass is 16.5. The molecule has 6 heteroatoms. The first-order chi connectivity index (χ1) is 10.6. The molecule has 1 saturated heterocycles. The number of ether oxygens (including phenoxy) is 1. The number of aliphatic hydroxyl groups is 1. The summed E-state index contributed by atoms with van der Waals surface area (Å²) in [5.74, 6) is -0.0752. The molecule has 0 radical (unpaired) electrons. The Labute approximate surface area is 130 Å². The molecule has 2 fully saturated rings. The van der Waals surface area contributed by atoms with Gasteiger partial charge in [0.2, 0.25) is 5.91 Å². The minimum absolute atomic E-state index is 0.0381. The van der Waals surface area contributed by atoms with E-state index in [0.717, 1.165) is 44.1 Å². The molecule has 0 aromatic carbocycles. The molecule has 22 heavy (non-hydrogen) atoms. The highest BCUT2D eigenvalue weighted by Crippen LogP contribution is 2.32. The number of aromatic nitrogens is 2. The van der Waals surface area contributed by atoms with E-state index in [1.807, 2.05) is 13.2 Å². The second-order valence-electron chi connectivity index (χ2n) is 6.66. The van der Waals surface area contributed by atoms with E-state index in [1.165, 1.54) is 0 Å². The van der Waals surface area contributed by atoms with Crippen LogP contribution in [0.25, 0.3) is 0 Å². The molecule has 6 nitrogen and oxygen atoms in total. The molecule has 1 saturated carbocycles. The number of amides is 1. The van der Waals surface area contributed by atoms with Gasteiger partial charge in [0.25, 0.3) is 0 Å². The van der Waals surface area contributed by atoms with Crippen molar-refractivity contribution >= 4 is 5.91 Å². The van der Waals surface area contributed by atoms with Crippen LogP contribution in [0.4, 0.5) is 0 Å². The summed E-state index contributed by atoms with van der Waals surface area (Å²) in [5, 5.41) is 17.7. The molecule has 1 aliphatic carbocycles. The van der Waals surface area contributed by atoms with Gasteiger partial charge in [0.15, 0.2) is 0 Å². The number of carbonyl (C=O) groups is 1. The third-order valence-corrected chi connectivity index (χ3v) is 4.77. The zero-order valence-electron chi connectivity index (χ0n) is 13.1. The predicted molar refractivity (Wildman–Crippen MR) is 81.1 cm³/mol. The van der Waals surface area contributed by atoms with E-state index in [2.05, 4.69) is 10.4 Å². The van der Waals surface area contributed by atoms with E-state index in [0.29, 0.717) is 6.61 Å². The highest BCUT2D eigenvalue weighted by Gasteiger charge is 2.35. The molecule has 0 spiro atoms. The Kier molecular flexibility index (Phi) is 4.49. The molecule has 2 N–H and O–H groups in total. The normalized spacial score (nSPS) is 27.7. The van der Waals surface area contributed by atoms with Gasteiger partial charge in [0.1, 0.15) is 6.10 Å². The van der Waals surface area contributed by atoms with E-state index in [-0.39, 0.29) is 24.5 Å². The second-order valence-corrected chi connectivity index (χ2v) is 6.66. The molecule has 0 unspecified atom stereocenters. The van der Waals surface area contributed by atoms with Crippen LogP contribution in [-0.2, 0) is 16.6 Å². The van der Waals surface area contributed by atoms with Crippen LogP contribution >= 0.6 is 0 Å². The Morgan fingerprint density at radius 2 is 2.27 bits per heavy atom. The van der Waals surface area contributed by atoms with Crippen LogP contribution in [0.3, 0.4) is 0 Å². The predicted octanol–water partition coefficient (Wildman–Crippen LogP) is 1.45. The summed E-state index contributed by atoms with van der Waals surface area (Å²) in [4.78, 5) is 12.3. The molecular formula is C16H25N3O3. The fourth-order valence-corrected chi connectivity index (χ4v) is 3.60. The zero-order chi connectivity index (χ0) is 15.6. The van der Waals surface area contributed by atoms with Gasteiger partial charge in [0.05, 0.1) is 24.3 Å². The average molecular weight is 307 g/mol. The Morgan fingerprint density at radius 3 is 2.95 bits per heavy atom. The lowest BCUT2D eigenvalue weighted by Gasteiger charge is -2.32. The van der Waals surface area contributed by atoms with Gasteiger partial charge < -0.3 is 15.2 Å². The summed E-state index contributed by atoms with van der Waals surface area (Å²) in [7, 11) is 1.87. The standard InChI is InChI=1S/C16H25N3O3/c1-19-11-12(10-17-19)15-13(5-8-22-15)18-14(20)9-16(21)6-3-2-4-7-16/h10-11,13,15,21H,2-9H2,1H3,(H,18,20)/t13-,15+/m0/s1. The smallest absolute Gasteiger partial charge is 0.223 e. The average Bonchev–Trinajstić information content (AvgIpc) is 3.07. The van der Waals surface area contributed by atoms with Gasteiger partial charge in [-0.3, -0.25) is 9.48 Å². The van der Waals surface area contributed by atoms with Gasteiger partial charge in [-0.25, -0.2) is 0 Å². The van der Waals surface area contributed by atoms with E-state index in [1.54, 1.807) is 10.9 Å². The van der Waals surface area contributed by atoms with Crippen molar-refractivity contribution < 1.29 is 14.6 Å². The molecule has 2 atom stereocenters. The van der Waals surface area contributed by atoms with Crippen molar-refractivity contribution in [1.29, 1.82) is 0 Å². The lowest BCUT2D eigenvalue weighted by molar-refractivity contribution is -0.128. The molecule has 3 rings (SSSR count). The number of hydrogen-bond donors (Lipinski definition) is 2. The van der Waals surface area contributed by atoms with Crippen molar-refractivity contribution in [2.45, 2.75) is 62.7 Å². The Balaban J connectivity index is 1.58. The molecule has 122 valence electrons. The summed E-state index contributed by atoms with van der Waals surface area (Å²) in [6.07, 6.45) is 9.19. The first-order valence-corrected chi connectivity index (χ1v) is 8.18. The van der Waals surface area contributed by atoms with Crippen LogP contribution < -0.4 is 5.32 Å². The summed E-state index contributed by atoms with van der Waals surface area (Å²) in [5.41, 5.74) is 0.174. The Hall–Kier alpha value is -1.40. The number of rotatable bonds is 4. The van der Waals surface area contributed by atoms with Crippen molar-refractivity contribution in [3.63, 3.8) is 0 Å². The van der Waals surface area contributed by atoms with E-state index < -0.39 is 5.60 Å². The third kappa shape index (κ3) is 3.50. The van der Waals surface area contributed by atoms with Gasteiger partial charge in [-0.05, 0) is 19.3 Å². The number of nitrogens with one attached hydrogen (secondary N) is 1. The molecular weight excluding hydrogens is 282 g/mol. The SMILES string of the molecule is Cn1cc([C@H]2OCC[C@@H]2NC(=O)CC2(O)CCCCC2)cn1. The Morgan fingerprint density at radius 1 is 1.50 bits per heavy atom. The minimum atomic E-state index is -0.814. The molecule has 1 aromatic heterocycles. The fourth-order valence-electron chi connectivity index (χ4n) is 3.60. The molecule has 2 aliphatic rings. The van der Waals surface area contributed by atoms with Crippen LogP contribution in [-0.4, -0.2) is 39.0 Å². The zero-order valence-corrected chi connectivity index (χ0v) is 13.1. The topological polar surface area (TPSA) is 76.4 Å². The Bertz CT molecular complexity index is 522. The fraction of sp³-hybridized carbons (Fsp3) is 0.750. The van der Waals surface area contributed by atoms with Crippen molar-refractivity contribution in [3.8, 4) is 0 Å². The number of aryl methyl sites for hydroxylation is 1. The van der Waals surface area contributed by atoms with Gasteiger partial charge in [-0.2, -0.15) is 5.10 Å². The van der Waals surface area contributed by atoms with E-state index in [4.69, 9.17) is 4.74 Å². The van der Waals surface area contributed by atoms with Gasteiger partial charge in [0, 0.05) is 25.4 Å². The maximum Gasteiger partial charge on any atom is 0.223 e. The van der Waals surface area contributed by atoms with Crippen LogP contribution in [0.5, 0.6) is 0 Å². The third-order valence-electron chi connectivity index (χ3n) is 4.77. The summed E-state index contributed by atoms with van der Waals surface area (Å²) in [6.45, 7) is 0.634. The van der Waals surface area contributed by atoms with Crippen LogP contribution in [0.15, 0.2) is 12.4 Å². The quantitative estimate of drug-likeness (QED) is 0.883. The highest BCUT2D eigenvalue weighted by molar-refractivity contribution is 5.77. The van der Waals surface area contributed by atoms with E-state index in [9.17, 15) is 9.90 Å². The van der Waals surface area contributed by atoms with Crippen LogP contribution in [0.1, 0.15) is 56.6 Å². The first kappa shape index (κ1) is 15.5. The van der Waals surface area contributed by atoms with Gasteiger partial charge in [-0.15, -0.1) is 0 Å². The second kappa shape index (κ2) is 6.38. The van der Waals surface area contributed by atoms with Crippen LogP contribution in [0, 0.1) is 0 Å². The number of hydrogen-bond acceptors (Lipinski definition) is 4. The number of carbonyl (C=O) groups excluding carboxylic acids is 1. The minimum Gasteiger partial charge on any atom is -0.389 e. The first-order valence-electron chi connectivity index (χ1n) is 8.18. The van der Waals surface area contributed by atoms with Crippen molar-refractivity contribution in [1.82, 2.24) is 15.1 Å². The summed E-state index contributed by atoms with van der Waals surface area (Å²) in [6, 6.07) is -0.0381.